The van der Waals surface area contributed by atoms with Gasteiger partial charge >= 0.3 is 0 Å². The number of allylic oxidation sites excluding steroid dienone is 2. The first-order chi connectivity index (χ1) is 10.3. The quantitative estimate of drug-likeness (QED) is 0.781. The summed E-state index contributed by atoms with van der Waals surface area (Å²) in [7, 11) is 2.03. The Labute approximate surface area is 139 Å². The zero-order valence-electron chi connectivity index (χ0n) is 13.3. The van der Waals surface area contributed by atoms with E-state index in [0.717, 1.165) is 13.0 Å². The van der Waals surface area contributed by atoms with Gasteiger partial charge in [0.1, 0.15) is 0 Å². The van der Waals surface area contributed by atoms with Crippen LogP contribution in [0.25, 0.3) is 5.57 Å². The van der Waals surface area contributed by atoms with Gasteiger partial charge < -0.3 is 5.32 Å². The van der Waals surface area contributed by atoms with Crippen LogP contribution < -0.4 is 5.32 Å². The minimum atomic E-state index is 0. The van der Waals surface area contributed by atoms with E-state index in [2.05, 4.69) is 72.9 Å². The van der Waals surface area contributed by atoms with Crippen molar-refractivity contribution >= 4 is 18.0 Å². The molecule has 1 N–H and O–H groups in total. The van der Waals surface area contributed by atoms with Gasteiger partial charge in [-0.15, -0.1) is 12.4 Å². The first-order valence-electron chi connectivity index (χ1n) is 7.77. The molecule has 1 aliphatic rings. The number of rotatable bonds is 5. The molecule has 1 nitrogen and oxygen atoms in total. The lowest BCUT2D eigenvalue weighted by Crippen LogP contribution is -2.25. The molecule has 2 aromatic rings. The lowest BCUT2D eigenvalue weighted by molar-refractivity contribution is 0.544. The van der Waals surface area contributed by atoms with Gasteiger partial charge in [-0.1, -0.05) is 60.7 Å². The Morgan fingerprint density at radius 2 is 1.64 bits per heavy atom. The zero-order valence-corrected chi connectivity index (χ0v) is 14.1. The summed E-state index contributed by atoms with van der Waals surface area (Å²) >= 11 is 0. The average molecular weight is 314 g/mol. The largest absolute Gasteiger partial charge is 0.320 e. The van der Waals surface area contributed by atoms with Crippen LogP contribution in [0.1, 0.15) is 36.5 Å². The molecule has 0 heterocycles. The van der Waals surface area contributed by atoms with Crippen molar-refractivity contribution in [1.82, 2.24) is 5.32 Å². The Balaban J connectivity index is 0.00000176. The van der Waals surface area contributed by atoms with Crippen LogP contribution in [-0.2, 0) is 5.41 Å². The molecule has 1 atom stereocenters. The Morgan fingerprint density at radius 1 is 0.955 bits per heavy atom. The highest BCUT2D eigenvalue weighted by atomic mass is 35.5. The molecule has 2 aromatic carbocycles. The maximum absolute atomic E-state index is 3.27. The molecule has 1 unspecified atom stereocenters. The van der Waals surface area contributed by atoms with Gasteiger partial charge in [0.15, 0.2) is 0 Å². The molecule has 22 heavy (non-hydrogen) atoms. The van der Waals surface area contributed by atoms with Crippen LogP contribution in [0, 0.1) is 0 Å². The van der Waals surface area contributed by atoms with Crippen LogP contribution in [0.5, 0.6) is 0 Å². The molecule has 0 saturated heterocycles. The number of hydrogen-bond acceptors (Lipinski definition) is 1. The van der Waals surface area contributed by atoms with Gasteiger partial charge in [0.2, 0.25) is 0 Å². The van der Waals surface area contributed by atoms with Gasteiger partial charge in [-0.25, -0.2) is 0 Å². The van der Waals surface area contributed by atoms with Gasteiger partial charge in [0.05, 0.1) is 0 Å². The topological polar surface area (TPSA) is 12.0 Å². The summed E-state index contributed by atoms with van der Waals surface area (Å²) in [5.74, 6) is 0. The number of benzene rings is 2. The van der Waals surface area contributed by atoms with E-state index in [0.29, 0.717) is 0 Å². The zero-order chi connectivity index (χ0) is 14.7. The van der Waals surface area contributed by atoms with E-state index < -0.39 is 0 Å². The monoisotopic (exact) mass is 313 g/mol. The fourth-order valence-corrected chi connectivity index (χ4v) is 3.61. The van der Waals surface area contributed by atoms with Crippen molar-refractivity contribution in [2.75, 3.05) is 13.6 Å². The molecule has 0 spiro atoms. The molecule has 116 valence electrons. The highest BCUT2D eigenvalue weighted by molar-refractivity contribution is 5.85. The number of halogens is 1. The Hall–Kier alpha value is -1.57. The van der Waals surface area contributed by atoms with E-state index in [4.69, 9.17) is 0 Å². The van der Waals surface area contributed by atoms with Crippen molar-refractivity contribution in [1.29, 1.82) is 0 Å². The smallest absolute Gasteiger partial charge is 0.0394 e. The molecule has 1 aliphatic carbocycles. The lowest BCUT2D eigenvalue weighted by Gasteiger charge is -2.30. The predicted octanol–water partition coefficient (Wildman–Crippen LogP) is 4.81. The lowest BCUT2D eigenvalue weighted by atomic mass is 9.73. The van der Waals surface area contributed by atoms with Crippen molar-refractivity contribution < 1.29 is 0 Å². The summed E-state index contributed by atoms with van der Waals surface area (Å²) in [5.41, 5.74) is 5.72. The molecule has 2 heteroatoms. The fourth-order valence-electron chi connectivity index (χ4n) is 3.61. The van der Waals surface area contributed by atoms with Gasteiger partial charge in [0, 0.05) is 5.41 Å². The Bertz CT molecular complexity index is 648. The second kappa shape index (κ2) is 7.13. The van der Waals surface area contributed by atoms with E-state index in [-0.39, 0.29) is 17.8 Å². The maximum Gasteiger partial charge on any atom is 0.0394 e. The van der Waals surface area contributed by atoms with Crippen LogP contribution in [0.3, 0.4) is 0 Å². The first-order valence-corrected chi connectivity index (χ1v) is 7.77. The second-order valence-corrected chi connectivity index (χ2v) is 5.92. The van der Waals surface area contributed by atoms with E-state index in [9.17, 15) is 0 Å². The van der Waals surface area contributed by atoms with Crippen LogP contribution in [0.2, 0.25) is 0 Å². The summed E-state index contributed by atoms with van der Waals surface area (Å²) in [6.07, 6.45) is 4.79. The van der Waals surface area contributed by atoms with Crippen molar-refractivity contribution in [3.05, 3.63) is 77.4 Å². The fraction of sp³-hybridized carbons (Fsp3) is 0.300. The molecule has 0 radical (unpaired) electrons. The minimum Gasteiger partial charge on any atom is -0.320 e. The standard InChI is InChI=1S/C20H23N.ClH/c1-16-15-20(13-8-14-21-2,17-9-4-3-5-10-17)19-12-7-6-11-18(16)19;/h3-7,9-12,15,21H,8,13-14H2,1-2H3;1H. The summed E-state index contributed by atoms with van der Waals surface area (Å²) in [5, 5.41) is 3.27. The molecule has 0 aliphatic heterocycles. The normalized spacial score (nSPS) is 19.3. The summed E-state index contributed by atoms with van der Waals surface area (Å²) in [6, 6.07) is 19.8. The van der Waals surface area contributed by atoms with Gasteiger partial charge in [-0.3, -0.25) is 0 Å². The van der Waals surface area contributed by atoms with Gasteiger partial charge in [-0.2, -0.15) is 0 Å². The second-order valence-electron chi connectivity index (χ2n) is 5.92. The first kappa shape index (κ1) is 16.8. The minimum absolute atomic E-state index is 0. The van der Waals surface area contributed by atoms with E-state index in [1.165, 1.54) is 28.7 Å². The number of fused-ring (bicyclic) bond motifs is 1. The highest BCUT2D eigenvalue weighted by Crippen LogP contribution is 2.47. The molecule has 0 aromatic heterocycles. The third-order valence-corrected chi connectivity index (χ3v) is 4.58. The van der Waals surface area contributed by atoms with Crippen molar-refractivity contribution in [3.8, 4) is 0 Å². The molecule has 0 fully saturated rings. The molecular weight excluding hydrogens is 290 g/mol. The van der Waals surface area contributed by atoms with Crippen molar-refractivity contribution in [2.24, 2.45) is 0 Å². The van der Waals surface area contributed by atoms with E-state index in [1.807, 2.05) is 7.05 Å². The Morgan fingerprint density at radius 3 is 2.36 bits per heavy atom. The van der Waals surface area contributed by atoms with Crippen LogP contribution in [0.4, 0.5) is 0 Å². The molecule has 0 saturated carbocycles. The molecule has 3 rings (SSSR count). The third kappa shape index (κ3) is 2.84. The molecule has 0 bridgehead atoms. The van der Waals surface area contributed by atoms with Crippen molar-refractivity contribution in [3.63, 3.8) is 0 Å². The van der Waals surface area contributed by atoms with Crippen molar-refractivity contribution in [2.45, 2.75) is 25.2 Å². The SMILES string of the molecule is CNCCCC1(c2ccccc2)C=C(C)c2ccccc21.Cl. The summed E-state index contributed by atoms with van der Waals surface area (Å²) in [6.45, 7) is 3.30. The van der Waals surface area contributed by atoms with Crippen LogP contribution in [-0.4, -0.2) is 13.6 Å². The van der Waals surface area contributed by atoms with Crippen LogP contribution >= 0.6 is 12.4 Å². The van der Waals surface area contributed by atoms with Gasteiger partial charge in [-0.05, 0) is 55.6 Å². The molecular formula is C20H24ClN. The summed E-state index contributed by atoms with van der Waals surface area (Å²) in [4.78, 5) is 0. The molecule has 0 amide bonds. The van der Waals surface area contributed by atoms with E-state index in [1.54, 1.807) is 0 Å². The van der Waals surface area contributed by atoms with Gasteiger partial charge in [0.25, 0.3) is 0 Å². The van der Waals surface area contributed by atoms with Crippen LogP contribution in [0.15, 0.2) is 60.7 Å². The number of nitrogens with one attached hydrogen (secondary N) is 1. The Kier molecular flexibility index (Phi) is 5.44. The predicted molar refractivity (Wildman–Crippen MR) is 97.7 cm³/mol. The average Bonchev–Trinajstić information content (AvgIpc) is 2.83. The highest BCUT2D eigenvalue weighted by Gasteiger charge is 2.37. The number of hydrogen-bond donors (Lipinski definition) is 1. The summed E-state index contributed by atoms with van der Waals surface area (Å²) < 4.78 is 0. The third-order valence-electron chi connectivity index (χ3n) is 4.58. The maximum atomic E-state index is 3.27. The van der Waals surface area contributed by atoms with E-state index >= 15 is 0 Å².